The molecule has 18 heavy (non-hydrogen) atoms. The van der Waals surface area contributed by atoms with E-state index in [9.17, 15) is 17.6 Å². The Morgan fingerprint density at radius 3 is 2.33 bits per heavy atom. The van der Waals surface area contributed by atoms with E-state index in [2.05, 4.69) is 4.98 Å². The number of aromatic nitrogens is 2. The Morgan fingerprint density at radius 1 is 1.11 bits per heavy atom. The summed E-state index contributed by atoms with van der Waals surface area (Å²) in [6, 6.07) is 5.86. The van der Waals surface area contributed by atoms with Gasteiger partial charge in [0.05, 0.1) is 6.33 Å². The fourth-order valence-electron chi connectivity index (χ4n) is 1.54. The second-order valence-electron chi connectivity index (χ2n) is 3.87. The fraction of sp³-hybridized carbons (Fsp3) is 0.250. The third-order valence-corrected chi connectivity index (χ3v) is 2.50. The van der Waals surface area contributed by atoms with Crippen LogP contribution in [-0.2, 0) is 19.1 Å². The minimum absolute atomic E-state index is 0.333. The first kappa shape index (κ1) is 12.6. The maximum absolute atomic E-state index is 12.6. The zero-order chi connectivity index (χ0) is 13.2. The molecule has 0 fully saturated rings. The summed E-state index contributed by atoms with van der Waals surface area (Å²) in [5.74, 6) is -0.333. The lowest BCUT2D eigenvalue weighted by atomic mass is 10.1. The monoisotopic (exact) mass is 258 g/mol. The molecule has 0 saturated carbocycles. The van der Waals surface area contributed by atoms with Crippen molar-refractivity contribution in [3.8, 4) is 0 Å². The fourth-order valence-corrected chi connectivity index (χ4v) is 1.54. The highest BCUT2D eigenvalue weighted by molar-refractivity contribution is 5.16. The lowest BCUT2D eigenvalue weighted by Gasteiger charge is -2.03. The molecule has 0 saturated heterocycles. The molecule has 2 nitrogen and oxygen atoms in total. The number of alkyl halides is 3. The molecule has 0 amide bonds. The molecule has 0 aliphatic carbocycles. The molecule has 0 bridgehead atoms. The Kier molecular flexibility index (Phi) is 3.36. The highest BCUT2D eigenvalue weighted by Gasteiger charge is 2.33. The first-order valence-corrected chi connectivity index (χ1v) is 5.28. The molecule has 6 heteroatoms. The van der Waals surface area contributed by atoms with Crippen molar-refractivity contribution in [3.05, 3.63) is 53.9 Å². The lowest BCUT2D eigenvalue weighted by Crippen LogP contribution is -2.05. The molecule has 1 heterocycles. The van der Waals surface area contributed by atoms with Crippen LogP contribution in [-0.4, -0.2) is 9.55 Å². The summed E-state index contributed by atoms with van der Waals surface area (Å²) >= 11 is 0. The van der Waals surface area contributed by atoms with Crippen LogP contribution in [0.5, 0.6) is 0 Å². The largest absolute Gasteiger partial charge is 0.434 e. The van der Waals surface area contributed by atoms with E-state index in [4.69, 9.17) is 0 Å². The average Bonchev–Trinajstić information content (AvgIpc) is 2.77. The normalized spacial score (nSPS) is 11.8. The predicted octanol–water partition coefficient (Wildman–Crippen LogP) is 3.28. The molecule has 96 valence electrons. The first-order chi connectivity index (χ1) is 8.45. The van der Waals surface area contributed by atoms with Crippen molar-refractivity contribution >= 4 is 0 Å². The van der Waals surface area contributed by atoms with E-state index in [0.29, 0.717) is 13.0 Å². The Hall–Kier alpha value is -1.85. The zero-order valence-corrected chi connectivity index (χ0v) is 9.28. The quantitative estimate of drug-likeness (QED) is 0.772. The number of rotatable bonds is 3. The first-order valence-electron chi connectivity index (χ1n) is 5.28. The standard InChI is InChI=1S/C12H10F4N2/c13-10-3-1-9(2-4-10)5-6-18-7-11(17-8-18)12(14,15)16/h1-4,7-8H,5-6H2. The van der Waals surface area contributed by atoms with Crippen LogP contribution in [0, 0.1) is 5.82 Å². The molecule has 0 aliphatic heterocycles. The molecular formula is C12H10F4N2. The van der Waals surface area contributed by atoms with E-state index in [1.54, 1.807) is 12.1 Å². The number of benzene rings is 1. The Bertz CT molecular complexity index is 514. The highest BCUT2D eigenvalue weighted by atomic mass is 19.4. The van der Waals surface area contributed by atoms with Gasteiger partial charge in [0.1, 0.15) is 5.82 Å². The third-order valence-electron chi connectivity index (χ3n) is 2.50. The van der Waals surface area contributed by atoms with E-state index < -0.39 is 11.9 Å². The Balaban J connectivity index is 1.98. The molecule has 0 radical (unpaired) electrons. The number of imidazole rings is 1. The number of halogens is 4. The molecule has 2 rings (SSSR count). The topological polar surface area (TPSA) is 17.8 Å². The molecule has 0 unspecified atom stereocenters. The molecule has 0 spiro atoms. The van der Waals surface area contributed by atoms with Crippen molar-refractivity contribution in [3.63, 3.8) is 0 Å². The molecule has 0 aliphatic rings. The summed E-state index contributed by atoms with van der Waals surface area (Å²) in [6.07, 6.45) is -1.79. The second-order valence-corrected chi connectivity index (χ2v) is 3.87. The SMILES string of the molecule is Fc1ccc(CCn2cnc(C(F)(F)F)c2)cc1. The lowest BCUT2D eigenvalue weighted by molar-refractivity contribution is -0.140. The van der Waals surface area contributed by atoms with Gasteiger partial charge in [0, 0.05) is 12.7 Å². The van der Waals surface area contributed by atoms with Crippen LogP contribution >= 0.6 is 0 Å². The molecule has 1 aromatic carbocycles. The minimum Gasteiger partial charge on any atom is -0.337 e. The summed E-state index contributed by atoms with van der Waals surface area (Å²) < 4.78 is 50.9. The van der Waals surface area contributed by atoms with Crippen LogP contribution < -0.4 is 0 Å². The number of aryl methyl sites for hydroxylation is 2. The second kappa shape index (κ2) is 4.80. The van der Waals surface area contributed by atoms with E-state index >= 15 is 0 Å². The summed E-state index contributed by atoms with van der Waals surface area (Å²) in [6.45, 7) is 0.370. The van der Waals surface area contributed by atoms with Crippen molar-refractivity contribution in [2.24, 2.45) is 0 Å². The summed E-state index contributed by atoms with van der Waals surface area (Å²) in [5, 5.41) is 0. The predicted molar refractivity (Wildman–Crippen MR) is 57.3 cm³/mol. The maximum Gasteiger partial charge on any atom is 0.434 e. The van der Waals surface area contributed by atoms with E-state index in [0.717, 1.165) is 18.1 Å². The van der Waals surface area contributed by atoms with Gasteiger partial charge in [-0.05, 0) is 24.1 Å². The van der Waals surface area contributed by atoms with Gasteiger partial charge in [0.2, 0.25) is 0 Å². The zero-order valence-electron chi connectivity index (χ0n) is 9.28. The van der Waals surface area contributed by atoms with Crippen molar-refractivity contribution in [1.82, 2.24) is 9.55 Å². The van der Waals surface area contributed by atoms with Crippen LogP contribution in [0.3, 0.4) is 0 Å². The smallest absolute Gasteiger partial charge is 0.337 e. The van der Waals surface area contributed by atoms with Gasteiger partial charge in [-0.2, -0.15) is 13.2 Å². The summed E-state index contributed by atoms with van der Waals surface area (Å²) in [4.78, 5) is 3.29. The van der Waals surface area contributed by atoms with E-state index in [1.165, 1.54) is 16.7 Å². The van der Waals surface area contributed by atoms with Crippen molar-refractivity contribution in [1.29, 1.82) is 0 Å². The van der Waals surface area contributed by atoms with Gasteiger partial charge < -0.3 is 4.57 Å². The average molecular weight is 258 g/mol. The van der Waals surface area contributed by atoms with Gasteiger partial charge in [0.15, 0.2) is 5.69 Å². The molecule has 1 aromatic heterocycles. The van der Waals surface area contributed by atoms with Crippen LogP contribution in [0.25, 0.3) is 0 Å². The minimum atomic E-state index is -4.42. The molecule has 0 N–H and O–H groups in total. The highest BCUT2D eigenvalue weighted by Crippen LogP contribution is 2.27. The van der Waals surface area contributed by atoms with Gasteiger partial charge in [-0.3, -0.25) is 0 Å². The van der Waals surface area contributed by atoms with Gasteiger partial charge in [-0.25, -0.2) is 9.37 Å². The molecular weight excluding hydrogens is 248 g/mol. The number of hydrogen-bond donors (Lipinski definition) is 0. The van der Waals surface area contributed by atoms with Gasteiger partial charge >= 0.3 is 6.18 Å². The number of nitrogens with zero attached hydrogens (tertiary/aromatic N) is 2. The van der Waals surface area contributed by atoms with Crippen molar-refractivity contribution < 1.29 is 17.6 Å². The molecule has 0 atom stereocenters. The van der Waals surface area contributed by atoms with E-state index in [1.807, 2.05) is 0 Å². The van der Waals surface area contributed by atoms with Crippen LogP contribution in [0.1, 0.15) is 11.3 Å². The van der Waals surface area contributed by atoms with Gasteiger partial charge in [-0.15, -0.1) is 0 Å². The maximum atomic E-state index is 12.6. The number of hydrogen-bond acceptors (Lipinski definition) is 1. The van der Waals surface area contributed by atoms with Gasteiger partial charge in [-0.1, -0.05) is 12.1 Å². The van der Waals surface area contributed by atoms with Crippen LogP contribution in [0.2, 0.25) is 0 Å². The molecule has 2 aromatic rings. The van der Waals surface area contributed by atoms with Crippen LogP contribution in [0.15, 0.2) is 36.8 Å². The van der Waals surface area contributed by atoms with Gasteiger partial charge in [0.25, 0.3) is 0 Å². The summed E-state index contributed by atoms with van der Waals surface area (Å²) in [7, 11) is 0. The van der Waals surface area contributed by atoms with Crippen molar-refractivity contribution in [2.45, 2.75) is 19.1 Å². The Morgan fingerprint density at radius 2 is 1.78 bits per heavy atom. The third kappa shape index (κ3) is 3.09. The van der Waals surface area contributed by atoms with Crippen LogP contribution in [0.4, 0.5) is 17.6 Å². The summed E-state index contributed by atoms with van der Waals surface area (Å²) in [5.41, 5.74) is -0.0414. The van der Waals surface area contributed by atoms with E-state index in [-0.39, 0.29) is 5.82 Å². The van der Waals surface area contributed by atoms with Crippen molar-refractivity contribution in [2.75, 3.05) is 0 Å². The Labute approximate surface area is 101 Å².